The number of benzene rings is 1. The van der Waals surface area contributed by atoms with Crippen molar-refractivity contribution in [2.24, 2.45) is 0 Å². The quantitative estimate of drug-likeness (QED) is 0.822. The predicted molar refractivity (Wildman–Crippen MR) is 88.6 cm³/mol. The van der Waals surface area contributed by atoms with Crippen LogP contribution in [0.2, 0.25) is 0 Å². The normalized spacial score (nSPS) is 11.2. The second-order valence-corrected chi connectivity index (χ2v) is 5.85. The van der Waals surface area contributed by atoms with E-state index in [1.165, 1.54) is 6.07 Å². The molecule has 124 valence electrons. The third kappa shape index (κ3) is 4.56. The van der Waals surface area contributed by atoms with Crippen LogP contribution in [-0.2, 0) is 11.3 Å². The van der Waals surface area contributed by atoms with Crippen molar-refractivity contribution in [1.29, 1.82) is 0 Å². The van der Waals surface area contributed by atoms with Crippen molar-refractivity contribution in [3.05, 3.63) is 40.2 Å². The van der Waals surface area contributed by atoms with Crippen molar-refractivity contribution in [3.8, 4) is 5.75 Å². The summed E-state index contributed by atoms with van der Waals surface area (Å²) in [7, 11) is 3.40. The molecule has 0 radical (unpaired) electrons. The Labute approximate surface area is 135 Å². The first-order chi connectivity index (χ1) is 10.9. The van der Waals surface area contributed by atoms with E-state index in [9.17, 15) is 9.59 Å². The van der Waals surface area contributed by atoms with Gasteiger partial charge in [0.05, 0.1) is 13.7 Å². The fraction of sp³-hybridized carbons (Fsp3) is 0.412. The van der Waals surface area contributed by atoms with Crippen LogP contribution < -0.4 is 15.7 Å². The van der Waals surface area contributed by atoms with Crippen molar-refractivity contribution < 1.29 is 13.9 Å². The molecule has 0 spiro atoms. The van der Waals surface area contributed by atoms with Gasteiger partial charge in [0.25, 0.3) is 0 Å². The number of ether oxygens (including phenoxy) is 1. The van der Waals surface area contributed by atoms with Gasteiger partial charge in [-0.1, -0.05) is 0 Å². The minimum Gasteiger partial charge on any atom is -0.497 e. The van der Waals surface area contributed by atoms with E-state index in [0.29, 0.717) is 17.9 Å². The third-order valence-electron chi connectivity index (χ3n) is 3.34. The first-order valence-electron chi connectivity index (χ1n) is 7.47. The Bertz CT molecular complexity index is 752. The molecule has 0 atom stereocenters. The monoisotopic (exact) mass is 318 g/mol. The predicted octanol–water partition coefficient (Wildman–Crippen LogP) is 1.76. The Balaban J connectivity index is 2.22. The highest BCUT2D eigenvalue weighted by Gasteiger charge is 2.12. The zero-order chi connectivity index (χ0) is 17.0. The van der Waals surface area contributed by atoms with Crippen LogP contribution in [0.15, 0.2) is 33.5 Å². The summed E-state index contributed by atoms with van der Waals surface area (Å²) in [5.41, 5.74) is 0.881. The van der Waals surface area contributed by atoms with Crippen LogP contribution >= 0.6 is 0 Å². The van der Waals surface area contributed by atoms with E-state index in [1.54, 1.807) is 13.2 Å². The summed E-state index contributed by atoms with van der Waals surface area (Å²) in [5.74, 6) is 0.582. The first kappa shape index (κ1) is 17.0. The van der Waals surface area contributed by atoms with E-state index in [0.717, 1.165) is 10.9 Å². The van der Waals surface area contributed by atoms with Crippen LogP contribution in [-0.4, -0.2) is 37.6 Å². The van der Waals surface area contributed by atoms with Gasteiger partial charge in [-0.2, -0.15) is 0 Å². The van der Waals surface area contributed by atoms with Crippen LogP contribution in [0.5, 0.6) is 5.75 Å². The lowest BCUT2D eigenvalue weighted by atomic mass is 10.1. The van der Waals surface area contributed by atoms with Gasteiger partial charge in [-0.05, 0) is 38.6 Å². The molecule has 0 unspecified atom stereocenters. The van der Waals surface area contributed by atoms with Crippen molar-refractivity contribution in [1.82, 2.24) is 10.2 Å². The highest BCUT2D eigenvalue weighted by molar-refractivity contribution is 5.82. The topological polar surface area (TPSA) is 71.8 Å². The van der Waals surface area contributed by atoms with Gasteiger partial charge in [0.1, 0.15) is 11.3 Å². The van der Waals surface area contributed by atoms with E-state index >= 15 is 0 Å². The third-order valence-corrected chi connectivity index (χ3v) is 3.34. The van der Waals surface area contributed by atoms with Gasteiger partial charge in [-0.3, -0.25) is 9.69 Å². The summed E-state index contributed by atoms with van der Waals surface area (Å²) in [6.45, 7) is 4.57. The maximum absolute atomic E-state index is 11.8. The van der Waals surface area contributed by atoms with Crippen molar-refractivity contribution in [2.75, 3.05) is 20.7 Å². The molecule has 0 bridgehead atoms. The summed E-state index contributed by atoms with van der Waals surface area (Å²) < 4.78 is 10.4. The molecule has 0 saturated heterocycles. The van der Waals surface area contributed by atoms with Crippen molar-refractivity contribution in [3.63, 3.8) is 0 Å². The molecule has 1 heterocycles. The van der Waals surface area contributed by atoms with Gasteiger partial charge in [-0.15, -0.1) is 0 Å². The highest BCUT2D eigenvalue weighted by Crippen LogP contribution is 2.23. The summed E-state index contributed by atoms with van der Waals surface area (Å²) in [6.07, 6.45) is 0. The summed E-state index contributed by atoms with van der Waals surface area (Å²) in [5, 5.41) is 3.68. The molecule has 0 saturated carbocycles. The average molecular weight is 318 g/mol. The molecule has 0 aliphatic rings. The lowest BCUT2D eigenvalue weighted by Gasteiger charge is -2.18. The molecule has 0 aliphatic heterocycles. The van der Waals surface area contributed by atoms with Gasteiger partial charge < -0.3 is 14.5 Å². The zero-order valence-corrected chi connectivity index (χ0v) is 13.9. The van der Waals surface area contributed by atoms with Crippen LogP contribution in [0, 0.1) is 0 Å². The average Bonchev–Trinajstić information content (AvgIpc) is 2.45. The van der Waals surface area contributed by atoms with Crippen LogP contribution in [0.25, 0.3) is 11.0 Å². The summed E-state index contributed by atoms with van der Waals surface area (Å²) >= 11 is 0. The molecule has 1 amide bonds. The number of methoxy groups -OCH3 is 1. The molecule has 0 aliphatic carbocycles. The number of hydrogen-bond donors (Lipinski definition) is 1. The number of rotatable bonds is 6. The van der Waals surface area contributed by atoms with Crippen LogP contribution in [0.3, 0.4) is 0 Å². The molecular weight excluding hydrogens is 296 g/mol. The largest absolute Gasteiger partial charge is 0.497 e. The van der Waals surface area contributed by atoms with E-state index in [-0.39, 0.29) is 18.5 Å². The molecule has 23 heavy (non-hydrogen) atoms. The maximum Gasteiger partial charge on any atom is 0.336 e. The number of carbonyl (C=O) groups excluding carboxylic acids is 1. The second kappa shape index (κ2) is 7.28. The van der Waals surface area contributed by atoms with Gasteiger partial charge in [0, 0.05) is 30.1 Å². The molecule has 1 aromatic heterocycles. The molecule has 2 aromatic rings. The van der Waals surface area contributed by atoms with Crippen LogP contribution in [0.4, 0.5) is 0 Å². The Morgan fingerprint density at radius 3 is 2.74 bits per heavy atom. The Hall–Kier alpha value is -2.34. The number of carbonyl (C=O) groups is 1. The molecule has 6 heteroatoms. The van der Waals surface area contributed by atoms with E-state index in [4.69, 9.17) is 9.15 Å². The Morgan fingerprint density at radius 1 is 1.35 bits per heavy atom. The molecule has 6 nitrogen and oxygen atoms in total. The van der Waals surface area contributed by atoms with Crippen molar-refractivity contribution >= 4 is 16.9 Å². The highest BCUT2D eigenvalue weighted by atomic mass is 16.5. The zero-order valence-electron chi connectivity index (χ0n) is 13.9. The van der Waals surface area contributed by atoms with Crippen LogP contribution in [0.1, 0.15) is 19.4 Å². The lowest BCUT2D eigenvalue weighted by Crippen LogP contribution is -2.38. The second-order valence-electron chi connectivity index (χ2n) is 5.85. The summed E-state index contributed by atoms with van der Waals surface area (Å²) in [6, 6.07) is 6.93. The molecule has 2 rings (SSSR count). The molecule has 1 aromatic carbocycles. The number of hydrogen-bond acceptors (Lipinski definition) is 5. The number of nitrogens with one attached hydrogen (secondary N) is 1. The van der Waals surface area contributed by atoms with Gasteiger partial charge in [-0.25, -0.2) is 4.79 Å². The fourth-order valence-electron chi connectivity index (χ4n) is 2.43. The SMILES string of the molecule is COc1ccc2c(CN(C)CC(=O)NC(C)C)cc(=O)oc2c1. The van der Waals surface area contributed by atoms with E-state index in [1.807, 2.05) is 37.9 Å². The number of fused-ring (bicyclic) bond motifs is 1. The number of likely N-dealkylation sites (N-methyl/N-ethyl adjacent to an activating group) is 1. The van der Waals surface area contributed by atoms with Gasteiger partial charge >= 0.3 is 5.63 Å². The first-order valence-corrected chi connectivity index (χ1v) is 7.47. The standard InChI is InChI=1S/C17H22N2O4/c1-11(2)18-16(20)10-19(3)9-12-7-17(21)23-15-8-13(22-4)5-6-14(12)15/h5-8,11H,9-10H2,1-4H3,(H,18,20). The maximum atomic E-state index is 11.8. The molecular formula is C17H22N2O4. The smallest absolute Gasteiger partial charge is 0.336 e. The van der Waals surface area contributed by atoms with Crippen molar-refractivity contribution in [2.45, 2.75) is 26.4 Å². The molecule has 0 fully saturated rings. The fourth-order valence-corrected chi connectivity index (χ4v) is 2.43. The minimum atomic E-state index is -0.416. The number of amides is 1. The Kier molecular flexibility index (Phi) is 5.39. The van der Waals surface area contributed by atoms with Gasteiger partial charge in [0.2, 0.25) is 5.91 Å². The Morgan fingerprint density at radius 2 is 2.09 bits per heavy atom. The lowest BCUT2D eigenvalue weighted by molar-refractivity contribution is -0.122. The number of nitrogens with zero attached hydrogens (tertiary/aromatic N) is 1. The summed E-state index contributed by atoms with van der Waals surface area (Å²) in [4.78, 5) is 25.4. The van der Waals surface area contributed by atoms with E-state index in [2.05, 4.69) is 5.32 Å². The molecule has 1 N–H and O–H groups in total. The minimum absolute atomic E-state index is 0.0450. The van der Waals surface area contributed by atoms with Gasteiger partial charge in [0.15, 0.2) is 0 Å². The van der Waals surface area contributed by atoms with E-state index < -0.39 is 5.63 Å².